The van der Waals surface area contributed by atoms with Crippen LogP contribution in [0.4, 0.5) is 10.5 Å². The van der Waals surface area contributed by atoms with Gasteiger partial charge in [0.25, 0.3) is 0 Å². The van der Waals surface area contributed by atoms with Crippen LogP contribution < -0.4 is 5.32 Å². The second-order valence-corrected chi connectivity index (χ2v) is 5.72. The molecule has 0 fully saturated rings. The zero-order valence-corrected chi connectivity index (χ0v) is 12.8. The van der Waals surface area contributed by atoms with Gasteiger partial charge in [0, 0.05) is 18.1 Å². The molecule has 6 heteroatoms. The summed E-state index contributed by atoms with van der Waals surface area (Å²) in [6.45, 7) is 2.55. The van der Waals surface area contributed by atoms with Crippen LogP contribution in [0, 0.1) is 11.3 Å². The number of amides is 2. The molecule has 5 nitrogen and oxygen atoms in total. The van der Waals surface area contributed by atoms with Crippen LogP contribution in [-0.4, -0.2) is 23.0 Å². The van der Waals surface area contributed by atoms with E-state index in [2.05, 4.69) is 23.3 Å². The van der Waals surface area contributed by atoms with E-state index in [4.69, 9.17) is 5.26 Å². The number of carbonyl (C=O) groups is 1. The van der Waals surface area contributed by atoms with E-state index in [9.17, 15) is 4.79 Å². The van der Waals surface area contributed by atoms with Crippen molar-refractivity contribution in [3.05, 3.63) is 45.9 Å². The van der Waals surface area contributed by atoms with Gasteiger partial charge in [0.2, 0.25) is 0 Å². The number of aryl methyl sites for hydroxylation is 1. The summed E-state index contributed by atoms with van der Waals surface area (Å²) in [7, 11) is 1.72. The van der Waals surface area contributed by atoms with Gasteiger partial charge < -0.3 is 10.2 Å². The van der Waals surface area contributed by atoms with E-state index >= 15 is 0 Å². The molecule has 2 amide bonds. The van der Waals surface area contributed by atoms with Crippen molar-refractivity contribution in [1.82, 2.24) is 9.88 Å². The van der Waals surface area contributed by atoms with Gasteiger partial charge in [0.05, 0.1) is 22.8 Å². The Hall–Kier alpha value is -2.39. The zero-order valence-electron chi connectivity index (χ0n) is 12.0. The first kappa shape index (κ1) is 15.0. The SMILES string of the molecule is CCc1ncc(CN(C)C(=O)Nc2ccccc2C#N)s1. The van der Waals surface area contributed by atoms with Crippen LogP contribution in [0.1, 0.15) is 22.4 Å². The summed E-state index contributed by atoms with van der Waals surface area (Å²) in [5, 5.41) is 12.8. The maximum absolute atomic E-state index is 12.2. The fourth-order valence-electron chi connectivity index (χ4n) is 1.79. The van der Waals surface area contributed by atoms with E-state index in [-0.39, 0.29) is 6.03 Å². The summed E-state index contributed by atoms with van der Waals surface area (Å²) < 4.78 is 0. The number of rotatable bonds is 4. The number of carbonyl (C=O) groups excluding carboxylic acids is 1. The Morgan fingerprint density at radius 3 is 2.90 bits per heavy atom. The first-order valence-electron chi connectivity index (χ1n) is 6.59. The van der Waals surface area contributed by atoms with Gasteiger partial charge in [-0.05, 0) is 18.6 Å². The van der Waals surface area contributed by atoms with Crippen LogP contribution in [0.15, 0.2) is 30.5 Å². The van der Waals surface area contributed by atoms with Gasteiger partial charge >= 0.3 is 6.03 Å². The fourth-order valence-corrected chi connectivity index (χ4v) is 2.71. The molecule has 0 radical (unpaired) electrons. The van der Waals surface area contributed by atoms with Gasteiger partial charge in [-0.15, -0.1) is 11.3 Å². The van der Waals surface area contributed by atoms with Crippen LogP contribution in [0.25, 0.3) is 0 Å². The van der Waals surface area contributed by atoms with Gasteiger partial charge in [-0.1, -0.05) is 19.1 Å². The molecule has 1 N–H and O–H groups in total. The third-order valence-electron chi connectivity index (χ3n) is 2.93. The second kappa shape index (κ2) is 6.86. The van der Waals surface area contributed by atoms with Crippen molar-refractivity contribution in [2.45, 2.75) is 19.9 Å². The first-order chi connectivity index (χ1) is 10.1. The van der Waals surface area contributed by atoms with Crippen LogP contribution >= 0.6 is 11.3 Å². The summed E-state index contributed by atoms with van der Waals surface area (Å²) >= 11 is 1.61. The normalized spacial score (nSPS) is 9.95. The summed E-state index contributed by atoms with van der Waals surface area (Å²) in [4.78, 5) is 19.0. The highest BCUT2D eigenvalue weighted by molar-refractivity contribution is 7.11. The number of aromatic nitrogens is 1. The molecule has 1 aromatic carbocycles. The van der Waals surface area contributed by atoms with E-state index in [1.165, 1.54) is 0 Å². The van der Waals surface area contributed by atoms with Crippen molar-refractivity contribution in [3.63, 3.8) is 0 Å². The van der Waals surface area contributed by atoms with E-state index < -0.39 is 0 Å². The number of hydrogen-bond acceptors (Lipinski definition) is 4. The molecule has 1 aromatic heterocycles. The molecular formula is C15H16N4OS. The Labute approximate surface area is 127 Å². The number of nitrogens with one attached hydrogen (secondary N) is 1. The Morgan fingerprint density at radius 2 is 2.24 bits per heavy atom. The lowest BCUT2D eigenvalue weighted by molar-refractivity contribution is 0.221. The van der Waals surface area contributed by atoms with Gasteiger partial charge in [-0.2, -0.15) is 5.26 Å². The molecule has 0 bridgehead atoms. The van der Waals surface area contributed by atoms with Crippen LogP contribution in [0.3, 0.4) is 0 Å². The Morgan fingerprint density at radius 1 is 1.48 bits per heavy atom. The number of nitriles is 1. The minimum absolute atomic E-state index is 0.246. The lowest BCUT2D eigenvalue weighted by Gasteiger charge is -2.17. The molecule has 0 saturated carbocycles. The van der Waals surface area contributed by atoms with Crippen molar-refractivity contribution in [2.75, 3.05) is 12.4 Å². The maximum atomic E-state index is 12.2. The molecule has 1 heterocycles. The third-order valence-corrected chi connectivity index (χ3v) is 4.06. The fraction of sp³-hybridized carbons (Fsp3) is 0.267. The molecule has 0 spiro atoms. The number of hydrogen-bond donors (Lipinski definition) is 1. The Balaban J connectivity index is 2.01. The number of urea groups is 1. The summed E-state index contributed by atoms with van der Waals surface area (Å²) in [5.41, 5.74) is 0.973. The van der Waals surface area contributed by atoms with Crippen LogP contribution in [0.2, 0.25) is 0 Å². The van der Waals surface area contributed by atoms with Gasteiger partial charge in [-0.25, -0.2) is 9.78 Å². The highest BCUT2D eigenvalue weighted by Gasteiger charge is 2.12. The topological polar surface area (TPSA) is 69.0 Å². The molecule has 108 valence electrons. The number of para-hydroxylation sites is 1. The third kappa shape index (κ3) is 3.80. The molecule has 0 atom stereocenters. The minimum atomic E-state index is -0.246. The molecule has 0 saturated heterocycles. The lowest BCUT2D eigenvalue weighted by atomic mass is 10.2. The van der Waals surface area contributed by atoms with E-state index in [1.54, 1.807) is 53.7 Å². The predicted molar refractivity (Wildman–Crippen MR) is 83.1 cm³/mol. The Kier molecular flexibility index (Phi) is 4.90. The molecule has 0 aliphatic heterocycles. The first-order valence-corrected chi connectivity index (χ1v) is 7.40. The summed E-state index contributed by atoms with van der Waals surface area (Å²) in [6, 6.07) is 8.75. The molecule has 0 aliphatic rings. The van der Waals surface area contributed by atoms with Gasteiger partial charge in [0.15, 0.2) is 0 Å². The lowest BCUT2D eigenvalue weighted by Crippen LogP contribution is -2.30. The monoisotopic (exact) mass is 300 g/mol. The van der Waals surface area contributed by atoms with Crippen molar-refractivity contribution in [1.29, 1.82) is 5.26 Å². The molecular weight excluding hydrogens is 284 g/mol. The van der Waals surface area contributed by atoms with Crippen molar-refractivity contribution in [3.8, 4) is 6.07 Å². The largest absolute Gasteiger partial charge is 0.322 e. The van der Waals surface area contributed by atoms with Crippen molar-refractivity contribution < 1.29 is 4.79 Å². The molecule has 0 aliphatic carbocycles. The van der Waals surface area contributed by atoms with E-state index in [0.29, 0.717) is 17.8 Å². The van der Waals surface area contributed by atoms with Crippen LogP contribution in [-0.2, 0) is 13.0 Å². The quantitative estimate of drug-likeness (QED) is 0.942. The Bertz CT molecular complexity index is 674. The van der Waals surface area contributed by atoms with Gasteiger partial charge in [-0.3, -0.25) is 0 Å². The van der Waals surface area contributed by atoms with E-state index in [0.717, 1.165) is 16.3 Å². The molecule has 2 aromatic rings. The van der Waals surface area contributed by atoms with Crippen molar-refractivity contribution >= 4 is 23.1 Å². The number of nitrogens with zero attached hydrogens (tertiary/aromatic N) is 3. The minimum Gasteiger partial charge on any atom is -0.322 e. The number of thiazole rings is 1. The highest BCUT2D eigenvalue weighted by Crippen LogP contribution is 2.17. The second-order valence-electron chi connectivity index (χ2n) is 4.52. The highest BCUT2D eigenvalue weighted by atomic mass is 32.1. The average molecular weight is 300 g/mol. The number of anilines is 1. The predicted octanol–water partition coefficient (Wildman–Crippen LogP) is 3.24. The molecule has 2 rings (SSSR count). The number of benzene rings is 1. The molecule has 0 unspecified atom stereocenters. The molecule has 21 heavy (non-hydrogen) atoms. The summed E-state index contributed by atoms with van der Waals surface area (Å²) in [5.74, 6) is 0. The van der Waals surface area contributed by atoms with Crippen molar-refractivity contribution in [2.24, 2.45) is 0 Å². The maximum Gasteiger partial charge on any atom is 0.321 e. The average Bonchev–Trinajstić information content (AvgIpc) is 2.95. The standard InChI is InChI=1S/C15H16N4OS/c1-3-14-17-9-12(21-14)10-19(2)15(20)18-13-7-5-4-6-11(13)8-16/h4-7,9H,3,10H2,1-2H3,(H,18,20). The van der Waals surface area contributed by atoms with Crippen LogP contribution in [0.5, 0.6) is 0 Å². The zero-order chi connectivity index (χ0) is 15.2. The van der Waals surface area contributed by atoms with Gasteiger partial charge in [0.1, 0.15) is 6.07 Å². The smallest absolute Gasteiger partial charge is 0.321 e. The summed E-state index contributed by atoms with van der Waals surface area (Å²) in [6.07, 6.45) is 2.70. The van der Waals surface area contributed by atoms with E-state index in [1.807, 2.05) is 0 Å².